The molecule has 150 valence electrons. The molecule has 1 aromatic carbocycles. The van der Waals surface area contributed by atoms with Crippen molar-refractivity contribution in [2.75, 3.05) is 12.4 Å². The second-order valence-corrected chi connectivity index (χ2v) is 6.53. The zero-order valence-electron chi connectivity index (χ0n) is 14.6. The highest BCUT2D eigenvalue weighted by Crippen LogP contribution is 2.33. The normalized spacial score (nSPS) is 13.4. The van der Waals surface area contributed by atoms with Crippen molar-refractivity contribution >= 4 is 40.9 Å². The first-order valence-corrected chi connectivity index (χ1v) is 8.45. The molecule has 0 saturated heterocycles. The Morgan fingerprint density at radius 1 is 1.14 bits per heavy atom. The van der Waals surface area contributed by atoms with Gasteiger partial charge in [0.2, 0.25) is 0 Å². The number of alkyl halides is 3. The van der Waals surface area contributed by atoms with Crippen LogP contribution in [0, 0.1) is 6.92 Å². The van der Waals surface area contributed by atoms with E-state index in [9.17, 15) is 22.8 Å². The average molecular weight is 437 g/mol. The van der Waals surface area contributed by atoms with Crippen molar-refractivity contribution in [3.05, 3.63) is 57.7 Å². The summed E-state index contributed by atoms with van der Waals surface area (Å²) in [5.74, 6) is -3.21. The van der Waals surface area contributed by atoms with Crippen LogP contribution in [0.15, 0.2) is 36.4 Å². The Morgan fingerprint density at radius 3 is 2.36 bits per heavy atom. The molecule has 1 amide bonds. The van der Waals surface area contributed by atoms with Gasteiger partial charge in [-0.1, -0.05) is 29.3 Å². The number of ether oxygens (including phenoxy) is 1. The van der Waals surface area contributed by atoms with Crippen molar-refractivity contribution in [1.82, 2.24) is 5.32 Å². The van der Waals surface area contributed by atoms with Crippen molar-refractivity contribution in [3.63, 3.8) is 0 Å². The van der Waals surface area contributed by atoms with Gasteiger partial charge in [0, 0.05) is 11.1 Å². The predicted octanol–water partition coefficient (Wildman–Crippen LogP) is 3.39. The van der Waals surface area contributed by atoms with Crippen LogP contribution in [0.1, 0.15) is 16.1 Å². The number of aryl methyl sites for hydroxylation is 1. The summed E-state index contributed by atoms with van der Waals surface area (Å²) >= 11 is 11.6. The number of methoxy groups -OCH3 is 1. The maximum Gasteiger partial charge on any atom is 0.464 e. The molecule has 1 heterocycles. The Labute approximate surface area is 168 Å². The second-order valence-electron chi connectivity index (χ2n) is 5.69. The zero-order valence-corrected chi connectivity index (χ0v) is 16.1. The number of rotatable bonds is 5. The molecule has 1 atom stereocenters. The van der Waals surface area contributed by atoms with Crippen molar-refractivity contribution in [3.8, 4) is 0 Å². The number of halogens is 5. The van der Waals surface area contributed by atoms with E-state index >= 15 is 0 Å². The van der Waals surface area contributed by atoms with Crippen LogP contribution in [0.25, 0.3) is 0 Å². The lowest BCUT2D eigenvalue weighted by Crippen LogP contribution is -2.69. The van der Waals surface area contributed by atoms with Gasteiger partial charge in [0.25, 0.3) is 11.7 Å². The molecule has 3 N–H and O–H groups in total. The molecule has 6 nitrogen and oxygen atoms in total. The number of pyridine rings is 1. The van der Waals surface area contributed by atoms with Gasteiger partial charge in [-0.3, -0.25) is 10.1 Å². The predicted molar refractivity (Wildman–Crippen MR) is 96.1 cm³/mol. The molecule has 0 fully saturated rings. The third-order valence-corrected chi connectivity index (χ3v) is 4.20. The molecule has 0 aliphatic carbocycles. The fourth-order valence-corrected chi connectivity index (χ4v) is 2.81. The van der Waals surface area contributed by atoms with Crippen LogP contribution in [-0.4, -0.2) is 30.8 Å². The highest BCUT2D eigenvalue weighted by Gasteiger charge is 2.67. The van der Waals surface area contributed by atoms with E-state index in [-0.39, 0.29) is 21.4 Å². The maximum absolute atomic E-state index is 14.0. The third-order valence-electron chi connectivity index (χ3n) is 3.66. The minimum Gasteiger partial charge on any atom is -0.464 e. The first-order chi connectivity index (χ1) is 13.0. The number of anilines is 1. The Kier molecular flexibility index (Phi) is 6.41. The van der Waals surface area contributed by atoms with Gasteiger partial charge in [0.1, 0.15) is 0 Å². The van der Waals surface area contributed by atoms with Crippen LogP contribution in [-0.2, 0) is 9.53 Å². The van der Waals surface area contributed by atoms with Crippen LogP contribution in [0.3, 0.4) is 0 Å². The number of aromatic nitrogens is 1. The first-order valence-electron chi connectivity index (χ1n) is 7.70. The quantitative estimate of drug-likeness (QED) is 0.555. The fraction of sp³-hybridized carbons (Fsp3) is 0.235. The van der Waals surface area contributed by atoms with E-state index in [1.54, 1.807) is 18.3 Å². The van der Waals surface area contributed by atoms with Crippen LogP contribution in [0.5, 0.6) is 0 Å². The molecular weight excluding hydrogens is 422 g/mol. The van der Waals surface area contributed by atoms with Crippen molar-refractivity contribution in [2.24, 2.45) is 0 Å². The van der Waals surface area contributed by atoms with E-state index in [0.29, 0.717) is 5.69 Å². The van der Waals surface area contributed by atoms with Crippen molar-refractivity contribution in [1.29, 1.82) is 0 Å². The number of H-pyrrole nitrogens is 1. The summed E-state index contributed by atoms with van der Waals surface area (Å²) in [6.45, 7) is 1.60. The molecule has 0 unspecified atom stereocenters. The van der Waals surface area contributed by atoms with Crippen molar-refractivity contribution in [2.45, 2.75) is 18.8 Å². The number of amides is 1. The Balaban J connectivity index is 2.53. The van der Waals surface area contributed by atoms with Crippen LogP contribution in [0.4, 0.5) is 19.0 Å². The number of carbonyl (C=O) groups excluding carboxylic acids is 2. The molecule has 0 bridgehead atoms. The minimum atomic E-state index is -5.27. The molecule has 2 aromatic rings. The summed E-state index contributed by atoms with van der Waals surface area (Å²) in [7, 11) is 0.770. The standard InChI is InChI=1S/C17H14Cl2F3N3O3/c1-9-4-3-5-13(23-9)24-16(15(27)28-2,17(20,21)22)25-14(26)11-7-6-10(18)8-12(11)19/h3-8H,1-2H3,(H,23,24)(H,25,26)/p+1/t16-/m1/s1. The molecule has 0 spiro atoms. The molecule has 0 saturated carbocycles. The molecule has 1 aromatic heterocycles. The summed E-state index contributed by atoms with van der Waals surface area (Å²) in [6, 6.07) is 7.93. The summed E-state index contributed by atoms with van der Waals surface area (Å²) in [6.07, 6.45) is -5.27. The summed E-state index contributed by atoms with van der Waals surface area (Å²) < 4.78 is 46.3. The van der Waals surface area contributed by atoms with Crippen LogP contribution >= 0.6 is 23.2 Å². The lowest BCUT2D eigenvalue weighted by atomic mass is 10.1. The van der Waals surface area contributed by atoms with Gasteiger partial charge in [0.15, 0.2) is 0 Å². The zero-order chi connectivity index (χ0) is 21.1. The number of benzene rings is 1. The highest BCUT2D eigenvalue weighted by atomic mass is 35.5. The number of carbonyl (C=O) groups is 2. The molecule has 28 heavy (non-hydrogen) atoms. The number of hydrogen-bond donors (Lipinski definition) is 2. The van der Waals surface area contributed by atoms with E-state index in [0.717, 1.165) is 13.2 Å². The Bertz CT molecular complexity index is 909. The topological polar surface area (TPSA) is 81.6 Å². The van der Waals surface area contributed by atoms with Gasteiger partial charge in [0.05, 0.1) is 23.4 Å². The van der Waals surface area contributed by atoms with Gasteiger partial charge >= 0.3 is 17.8 Å². The largest absolute Gasteiger partial charge is 0.464 e. The van der Waals surface area contributed by atoms with Gasteiger partial charge < -0.3 is 4.74 Å². The molecular formula is C17H15Cl2F3N3O3+. The Hall–Kier alpha value is -2.52. The van der Waals surface area contributed by atoms with E-state index < -0.39 is 23.7 Å². The Morgan fingerprint density at radius 2 is 1.82 bits per heavy atom. The van der Waals surface area contributed by atoms with Gasteiger partial charge in [-0.2, -0.15) is 13.2 Å². The average Bonchev–Trinajstić information content (AvgIpc) is 2.59. The van der Waals surface area contributed by atoms with Crippen LogP contribution < -0.4 is 15.6 Å². The SMILES string of the molecule is COC(=O)[C@](NC(=O)c1ccc(Cl)cc1Cl)(Nc1cccc(C)[nH+]1)C(F)(F)F. The number of aromatic amines is 1. The van der Waals surface area contributed by atoms with E-state index in [1.165, 1.54) is 24.3 Å². The van der Waals surface area contributed by atoms with Crippen LogP contribution in [0.2, 0.25) is 10.0 Å². The number of hydrogen-bond acceptors (Lipinski definition) is 4. The molecule has 0 radical (unpaired) electrons. The van der Waals surface area contributed by atoms with E-state index in [1.807, 2.05) is 5.32 Å². The molecule has 11 heteroatoms. The third kappa shape index (κ3) is 4.48. The van der Waals surface area contributed by atoms with Gasteiger partial charge in [-0.15, -0.1) is 0 Å². The van der Waals surface area contributed by atoms with E-state index in [4.69, 9.17) is 23.2 Å². The number of esters is 1. The smallest absolute Gasteiger partial charge is 0.464 e. The molecule has 0 aliphatic rings. The number of nitrogens with one attached hydrogen (secondary N) is 3. The maximum atomic E-state index is 14.0. The van der Waals surface area contributed by atoms with Gasteiger partial charge in [-0.25, -0.2) is 15.1 Å². The van der Waals surface area contributed by atoms with Gasteiger partial charge in [-0.05, 0) is 31.2 Å². The highest BCUT2D eigenvalue weighted by molar-refractivity contribution is 6.36. The molecule has 2 rings (SSSR count). The first kappa shape index (κ1) is 21.8. The summed E-state index contributed by atoms with van der Waals surface area (Å²) in [5, 5.41) is 3.67. The lowest BCUT2D eigenvalue weighted by molar-refractivity contribution is -0.372. The summed E-state index contributed by atoms with van der Waals surface area (Å²) in [4.78, 5) is 27.3. The fourth-order valence-electron chi connectivity index (χ4n) is 2.31. The second kappa shape index (κ2) is 8.24. The lowest BCUT2D eigenvalue weighted by Gasteiger charge is -2.30. The minimum absolute atomic E-state index is 0.176. The van der Waals surface area contributed by atoms with Crippen molar-refractivity contribution < 1.29 is 32.5 Å². The monoisotopic (exact) mass is 436 g/mol. The molecule has 0 aliphatic heterocycles. The van der Waals surface area contributed by atoms with E-state index in [2.05, 4.69) is 9.72 Å². The summed E-state index contributed by atoms with van der Waals surface area (Å²) in [5.41, 5.74) is -3.37.